The maximum absolute atomic E-state index is 5.90. The number of aromatic nitrogens is 2. The molecule has 2 aromatic rings. The number of rotatable bonds is 5. The lowest BCUT2D eigenvalue weighted by Crippen LogP contribution is -2.25. The first kappa shape index (κ1) is 13.8. The molecule has 0 bridgehead atoms. The fourth-order valence-corrected chi connectivity index (χ4v) is 3.67. The monoisotopic (exact) mass is 291 g/mol. The fourth-order valence-electron chi connectivity index (χ4n) is 2.79. The smallest absolute Gasteiger partial charge is 0.103 e. The van der Waals surface area contributed by atoms with E-state index in [-0.39, 0.29) is 6.10 Å². The zero-order valence-corrected chi connectivity index (χ0v) is 12.8. The molecule has 4 nitrogen and oxygen atoms in total. The van der Waals surface area contributed by atoms with Crippen LogP contribution in [-0.2, 0) is 18.3 Å². The maximum atomic E-state index is 5.90. The van der Waals surface area contributed by atoms with Crippen molar-refractivity contribution in [1.82, 2.24) is 15.1 Å². The SMILES string of the molecule is Cc1ccsc1CNC[C@@H]1CCO[C@H]1c1ccnn1C. The number of nitrogens with zero attached hydrogens (tertiary/aromatic N) is 2. The summed E-state index contributed by atoms with van der Waals surface area (Å²) in [6, 6.07) is 4.24. The van der Waals surface area contributed by atoms with Gasteiger partial charge in [-0.05, 0) is 36.4 Å². The molecule has 0 saturated carbocycles. The normalized spacial score (nSPS) is 22.5. The average molecular weight is 291 g/mol. The molecule has 1 N–H and O–H groups in total. The highest BCUT2D eigenvalue weighted by Gasteiger charge is 2.31. The van der Waals surface area contributed by atoms with Crippen molar-refractivity contribution in [3.05, 3.63) is 39.8 Å². The number of aryl methyl sites for hydroxylation is 2. The Bertz CT molecular complexity index is 563. The molecule has 3 rings (SSSR count). The van der Waals surface area contributed by atoms with Crippen LogP contribution in [0.15, 0.2) is 23.7 Å². The van der Waals surface area contributed by atoms with Crippen molar-refractivity contribution in [1.29, 1.82) is 0 Å². The van der Waals surface area contributed by atoms with Gasteiger partial charge >= 0.3 is 0 Å². The summed E-state index contributed by atoms with van der Waals surface area (Å²) in [7, 11) is 1.98. The summed E-state index contributed by atoms with van der Waals surface area (Å²) in [6.07, 6.45) is 3.14. The Morgan fingerprint density at radius 3 is 3.10 bits per heavy atom. The summed E-state index contributed by atoms with van der Waals surface area (Å²) >= 11 is 1.83. The van der Waals surface area contributed by atoms with Crippen LogP contribution in [0, 0.1) is 12.8 Å². The average Bonchev–Trinajstić information content (AvgIpc) is 3.12. The molecular formula is C15H21N3OS. The second-order valence-electron chi connectivity index (χ2n) is 5.38. The molecule has 108 valence electrons. The molecule has 1 aliphatic heterocycles. The van der Waals surface area contributed by atoms with E-state index in [9.17, 15) is 0 Å². The van der Waals surface area contributed by atoms with E-state index >= 15 is 0 Å². The molecular weight excluding hydrogens is 270 g/mol. The minimum atomic E-state index is 0.180. The van der Waals surface area contributed by atoms with Crippen molar-refractivity contribution in [3.63, 3.8) is 0 Å². The van der Waals surface area contributed by atoms with Crippen LogP contribution >= 0.6 is 11.3 Å². The van der Waals surface area contributed by atoms with Gasteiger partial charge in [0.15, 0.2) is 0 Å². The molecule has 3 heterocycles. The quantitative estimate of drug-likeness (QED) is 0.920. The van der Waals surface area contributed by atoms with E-state index in [1.165, 1.54) is 16.1 Å². The third kappa shape index (κ3) is 2.80. The van der Waals surface area contributed by atoms with E-state index in [0.717, 1.165) is 26.1 Å². The van der Waals surface area contributed by atoms with Gasteiger partial charge in [-0.3, -0.25) is 4.68 Å². The highest BCUT2D eigenvalue weighted by molar-refractivity contribution is 7.10. The zero-order valence-electron chi connectivity index (χ0n) is 12.0. The van der Waals surface area contributed by atoms with Crippen molar-refractivity contribution in [2.45, 2.75) is 26.0 Å². The summed E-state index contributed by atoms with van der Waals surface area (Å²) in [4.78, 5) is 1.43. The molecule has 0 spiro atoms. The molecule has 2 atom stereocenters. The summed E-state index contributed by atoms with van der Waals surface area (Å²) in [5, 5.41) is 9.99. The van der Waals surface area contributed by atoms with Crippen LogP contribution in [-0.4, -0.2) is 22.9 Å². The van der Waals surface area contributed by atoms with Crippen LogP contribution in [0.25, 0.3) is 0 Å². The molecule has 1 aliphatic rings. The van der Waals surface area contributed by atoms with Crippen LogP contribution in [0.3, 0.4) is 0 Å². The Labute approximate surface area is 123 Å². The van der Waals surface area contributed by atoms with Crippen molar-refractivity contribution in [2.24, 2.45) is 13.0 Å². The molecule has 2 aromatic heterocycles. The van der Waals surface area contributed by atoms with Crippen molar-refractivity contribution in [3.8, 4) is 0 Å². The lowest BCUT2D eigenvalue weighted by atomic mass is 9.99. The highest BCUT2D eigenvalue weighted by atomic mass is 32.1. The topological polar surface area (TPSA) is 39.1 Å². The molecule has 0 amide bonds. The zero-order chi connectivity index (χ0) is 13.9. The summed E-state index contributed by atoms with van der Waals surface area (Å²) in [6.45, 7) is 4.97. The van der Waals surface area contributed by atoms with Crippen molar-refractivity contribution >= 4 is 11.3 Å². The van der Waals surface area contributed by atoms with Crippen LogP contribution in [0.1, 0.15) is 28.7 Å². The van der Waals surface area contributed by atoms with Gasteiger partial charge in [0.05, 0.1) is 5.69 Å². The predicted molar refractivity (Wildman–Crippen MR) is 80.8 cm³/mol. The number of ether oxygens (including phenoxy) is 1. The molecule has 1 saturated heterocycles. The van der Waals surface area contributed by atoms with Crippen LogP contribution in [0.4, 0.5) is 0 Å². The first-order valence-electron chi connectivity index (χ1n) is 7.09. The van der Waals surface area contributed by atoms with Gasteiger partial charge in [0, 0.05) is 43.7 Å². The lowest BCUT2D eigenvalue weighted by molar-refractivity contribution is 0.0838. The largest absolute Gasteiger partial charge is 0.372 e. The molecule has 5 heteroatoms. The van der Waals surface area contributed by atoms with E-state index in [1.54, 1.807) is 0 Å². The van der Waals surface area contributed by atoms with E-state index in [1.807, 2.05) is 29.3 Å². The van der Waals surface area contributed by atoms with Crippen molar-refractivity contribution in [2.75, 3.05) is 13.2 Å². The first-order valence-corrected chi connectivity index (χ1v) is 7.97. The third-order valence-corrected chi connectivity index (χ3v) is 5.05. The minimum Gasteiger partial charge on any atom is -0.372 e. The van der Waals surface area contributed by atoms with E-state index < -0.39 is 0 Å². The van der Waals surface area contributed by atoms with E-state index in [4.69, 9.17) is 4.74 Å². The molecule has 0 aromatic carbocycles. The number of hydrogen-bond donors (Lipinski definition) is 1. The van der Waals surface area contributed by atoms with Crippen molar-refractivity contribution < 1.29 is 4.74 Å². The number of hydrogen-bond acceptors (Lipinski definition) is 4. The molecule has 0 aliphatic carbocycles. The Morgan fingerprint density at radius 1 is 1.50 bits per heavy atom. The van der Waals surface area contributed by atoms with Crippen LogP contribution in [0.5, 0.6) is 0 Å². The molecule has 0 radical (unpaired) electrons. The minimum absolute atomic E-state index is 0.180. The van der Waals surface area contributed by atoms with Gasteiger partial charge in [0.25, 0.3) is 0 Å². The van der Waals surface area contributed by atoms with Gasteiger partial charge in [-0.1, -0.05) is 0 Å². The van der Waals surface area contributed by atoms with Gasteiger partial charge in [0.1, 0.15) is 6.10 Å². The predicted octanol–water partition coefficient (Wildman–Crippen LogP) is 2.66. The van der Waals surface area contributed by atoms with Gasteiger partial charge in [-0.25, -0.2) is 0 Å². The highest BCUT2D eigenvalue weighted by Crippen LogP contribution is 2.33. The Hall–Kier alpha value is -1.17. The van der Waals surface area contributed by atoms with Crippen LogP contribution < -0.4 is 5.32 Å². The van der Waals surface area contributed by atoms with E-state index in [2.05, 4.69) is 34.9 Å². The van der Waals surface area contributed by atoms with E-state index in [0.29, 0.717) is 5.92 Å². The first-order chi connectivity index (χ1) is 9.75. The molecule has 1 fully saturated rings. The van der Waals surface area contributed by atoms with Gasteiger partial charge < -0.3 is 10.1 Å². The second-order valence-corrected chi connectivity index (χ2v) is 6.38. The second kappa shape index (κ2) is 6.08. The Morgan fingerprint density at radius 2 is 2.40 bits per heavy atom. The Balaban J connectivity index is 1.57. The fraction of sp³-hybridized carbons (Fsp3) is 0.533. The Kier molecular flexibility index (Phi) is 4.19. The summed E-state index contributed by atoms with van der Waals surface area (Å²) < 4.78 is 7.83. The van der Waals surface area contributed by atoms with Crippen LogP contribution in [0.2, 0.25) is 0 Å². The summed E-state index contributed by atoms with van der Waals surface area (Å²) in [5.41, 5.74) is 2.56. The molecule has 0 unspecified atom stereocenters. The lowest BCUT2D eigenvalue weighted by Gasteiger charge is -2.19. The standard InChI is InChI=1S/C15H21N3OS/c1-11-5-8-20-14(11)10-16-9-12-4-7-19-15(12)13-3-6-17-18(13)2/h3,5-6,8,12,15-16H,4,7,9-10H2,1-2H3/t12-,15+/m0/s1. The van der Waals surface area contributed by atoms with Gasteiger partial charge in [-0.2, -0.15) is 5.10 Å². The number of thiophene rings is 1. The number of nitrogens with one attached hydrogen (secondary N) is 1. The van der Waals surface area contributed by atoms with Gasteiger partial charge in [-0.15, -0.1) is 11.3 Å². The maximum Gasteiger partial charge on any atom is 0.103 e. The molecule has 20 heavy (non-hydrogen) atoms. The third-order valence-electron chi connectivity index (χ3n) is 4.02. The summed E-state index contributed by atoms with van der Waals surface area (Å²) in [5.74, 6) is 0.533. The van der Waals surface area contributed by atoms with Gasteiger partial charge in [0.2, 0.25) is 0 Å².